The van der Waals surface area contributed by atoms with Crippen LogP contribution in [-0.2, 0) is 4.79 Å². The molecule has 0 heterocycles. The number of benzene rings is 1. The van der Waals surface area contributed by atoms with Crippen molar-refractivity contribution in [1.82, 2.24) is 5.32 Å². The van der Waals surface area contributed by atoms with Crippen LogP contribution in [0.2, 0.25) is 5.02 Å². The molecule has 19 heavy (non-hydrogen) atoms. The molecular weight excluding hydrogens is 266 g/mol. The Labute approximate surface area is 118 Å². The predicted octanol–water partition coefficient (Wildman–Crippen LogP) is 2.95. The van der Waals surface area contributed by atoms with Gasteiger partial charge < -0.3 is 9.84 Å². The maximum Gasteiger partial charge on any atom is 0.323 e. The van der Waals surface area contributed by atoms with E-state index in [-0.39, 0.29) is 0 Å². The molecule has 2 N–H and O–H groups in total. The van der Waals surface area contributed by atoms with E-state index in [1.807, 2.05) is 19.1 Å². The van der Waals surface area contributed by atoms with Crippen LogP contribution in [-0.4, -0.2) is 29.8 Å². The Morgan fingerprint density at radius 3 is 2.74 bits per heavy atom. The molecule has 1 aromatic rings. The summed E-state index contributed by atoms with van der Waals surface area (Å²) in [5.41, 5.74) is -0.904. The highest BCUT2D eigenvalue weighted by atomic mass is 35.5. The fourth-order valence-corrected chi connectivity index (χ4v) is 2.01. The highest BCUT2D eigenvalue weighted by Gasteiger charge is 2.30. The van der Waals surface area contributed by atoms with Crippen molar-refractivity contribution >= 4 is 17.6 Å². The first-order chi connectivity index (χ1) is 8.99. The maximum atomic E-state index is 11.2. The lowest BCUT2D eigenvalue weighted by molar-refractivity contribution is -0.144. The maximum absolute atomic E-state index is 11.2. The Balaban J connectivity index is 2.41. The Morgan fingerprint density at radius 1 is 1.47 bits per heavy atom. The molecule has 0 aliphatic rings. The highest BCUT2D eigenvalue weighted by Crippen LogP contribution is 2.22. The van der Waals surface area contributed by atoms with Crippen molar-refractivity contribution in [3.63, 3.8) is 0 Å². The van der Waals surface area contributed by atoms with Gasteiger partial charge in [0.05, 0.1) is 5.02 Å². The molecule has 0 saturated carbocycles. The minimum atomic E-state index is -0.904. The summed E-state index contributed by atoms with van der Waals surface area (Å²) in [4.78, 5) is 11.2. The number of ether oxygens (including phenoxy) is 1. The summed E-state index contributed by atoms with van der Waals surface area (Å²) >= 11 is 5.95. The number of carboxylic acids is 1. The van der Waals surface area contributed by atoms with Crippen molar-refractivity contribution in [2.45, 2.75) is 32.2 Å². The van der Waals surface area contributed by atoms with Gasteiger partial charge in [-0.25, -0.2) is 0 Å². The molecule has 1 unspecified atom stereocenters. The van der Waals surface area contributed by atoms with Crippen LogP contribution in [0.4, 0.5) is 0 Å². The zero-order valence-electron chi connectivity index (χ0n) is 11.3. The van der Waals surface area contributed by atoms with Gasteiger partial charge in [0, 0.05) is 6.54 Å². The SMILES string of the molecule is CCCC(C)(NCCOc1ccccc1Cl)C(=O)O. The fraction of sp³-hybridized carbons (Fsp3) is 0.500. The van der Waals surface area contributed by atoms with Crippen LogP contribution in [0.1, 0.15) is 26.7 Å². The molecule has 0 amide bonds. The number of carboxylic acid groups (broad SMARTS) is 1. The standard InChI is InChI=1S/C14H20ClNO3/c1-3-8-14(2,13(17)18)16-9-10-19-12-7-5-4-6-11(12)15/h4-7,16H,3,8-10H2,1-2H3,(H,17,18). The van der Waals surface area contributed by atoms with E-state index in [0.29, 0.717) is 30.3 Å². The van der Waals surface area contributed by atoms with Gasteiger partial charge in [0.1, 0.15) is 17.9 Å². The van der Waals surface area contributed by atoms with E-state index in [0.717, 1.165) is 6.42 Å². The third-order valence-electron chi connectivity index (χ3n) is 2.93. The van der Waals surface area contributed by atoms with Gasteiger partial charge in [0.2, 0.25) is 0 Å². The molecule has 1 atom stereocenters. The van der Waals surface area contributed by atoms with Gasteiger partial charge in [-0.15, -0.1) is 0 Å². The topological polar surface area (TPSA) is 58.6 Å². The van der Waals surface area contributed by atoms with Crippen LogP contribution < -0.4 is 10.1 Å². The Bertz CT molecular complexity index is 425. The molecule has 0 aliphatic carbocycles. The van der Waals surface area contributed by atoms with Crippen LogP contribution in [0.5, 0.6) is 5.75 Å². The van der Waals surface area contributed by atoms with Crippen molar-refractivity contribution in [3.8, 4) is 5.75 Å². The van der Waals surface area contributed by atoms with Crippen LogP contribution >= 0.6 is 11.6 Å². The van der Waals surface area contributed by atoms with E-state index in [4.69, 9.17) is 16.3 Å². The molecule has 0 aromatic heterocycles. The summed E-state index contributed by atoms with van der Waals surface area (Å²) in [7, 11) is 0. The fourth-order valence-electron chi connectivity index (χ4n) is 1.82. The number of rotatable bonds is 8. The second-order valence-electron chi connectivity index (χ2n) is 4.59. The average molecular weight is 286 g/mol. The lowest BCUT2D eigenvalue weighted by Gasteiger charge is -2.25. The average Bonchev–Trinajstić information content (AvgIpc) is 2.37. The third kappa shape index (κ3) is 4.73. The van der Waals surface area contributed by atoms with Crippen molar-refractivity contribution in [1.29, 1.82) is 0 Å². The summed E-state index contributed by atoms with van der Waals surface area (Å²) in [6.07, 6.45) is 1.38. The van der Waals surface area contributed by atoms with Crippen LogP contribution in [0.15, 0.2) is 24.3 Å². The van der Waals surface area contributed by atoms with Gasteiger partial charge in [-0.1, -0.05) is 37.1 Å². The number of hydrogen-bond acceptors (Lipinski definition) is 3. The Kier molecular flexibility index (Phi) is 6.12. The van der Waals surface area contributed by atoms with Gasteiger partial charge in [-0.05, 0) is 25.5 Å². The lowest BCUT2D eigenvalue weighted by Crippen LogP contribution is -2.50. The summed E-state index contributed by atoms with van der Waals surface area (Å²) in [5.74, 6) is -0.231. The second kappa shape index (κ2) is 7.36. The summed E-state index contributed by atoms with van der Waals surface area (Å²) in [6, 6.07) is 7.21. The number of aliphatic carboxylic acids is 1. The minimum Gasteiger partial charge on any atom is -0.491 e. The zero-order chi connectivity index (χ0) is 14.3. The second-order valence-corrected chi connectivity index (χ2v) is 5.00. The third-order valence-corrected chi connectivity index (χ3v) is 3.25. The van der Waals surface area contributed by atoms with Crippen LogP contribution in [0, 0.1) is 0 Å². The quantitative estimate of drug-likeness (QED) is 0.721. The largest absolute Gasteiger partial charge is 0.491 e. The predicted molar refractivity (Wildman–Crippen MR) is 75.9 cm³/mol. The molecule has 0 radical (unpaired) electrons. The lowest BCUT2D eigenvalue weighted by atomic mass is 9.96. The van der Waals surface area contributed by atoms with E-state index in [1.54, 1.807) is 19.1 Å². The van der Waals surface area contributed by atoms with Crippen molar-refractivity contribution in [2.24, 2.45) is 0 Å². The number of hydrogen-bond donors (Lipinski definition) is 2. The van der Waals surface area contributed by atoms with E-state index in [1.165, 1.54) is 0 Å². The molecule has 5 heteroatoms. The monoisotopic (exact) mass is 285 g/mol. The molecule has 1 aromatic carbocycles. The van der Waals surface area contributed by atoms with E-state index < -0.39 is 11.5 Å². The number of para-hydroxylation sites is 1. The van der Waals surface area contributed by atoms with Gasteiger partial charge in [0.25, 0.3) is 0 Å². The first-order valence-electron chi connectivity index (χ1n) is 6.35. The first-order valence-corrected chi connectivity index (χ1v) is 6.73. The van der Waals surface area contributed by atoms with E-state index in [2.05, 4.69) is 5.32 Å². The van der Waals surface area contributed by atoms with Gasteiger partial charge in [-0.3, -0.25) is 10.1 Å². The van der Waals surface area contributed by atoms with E-state index in [9.17, 15) is 9.90 Å². The Hall–Kier alpha value is -1.26. The van der Waals surface area contributed by atoms with Crippen LogP contribution in [0.25, 0.3) is 0 Å². The number of nitrogens with one attached hydrogen (secondary N) is 1. The van der Waals surface area contributed by atoms with E-state index >= 15 is 0 Å². The van der Waals surface area contributed by atoms with Gasteiger partial charge in [-0.2, -0.15) is 0 Å². The molecular formula is C14H20ClNO3. The van der Waals surface area contributed by atoms with Gasteiger partial charge in [0.15, 0.2) is 0 Å². The highest BCUT2D eigenvalue weighted by molar-refractivity contribution is 6.32. The molecule has 0 aliphatic heterocycles. The number of halogens is 1. The molecule has 1 rings (SSSR count). The van der Waals surface area contributed by atoms with Crippen molar-refractivity contribution in [2.75, 3.05) is 13.2 Å². The summed E-state index contributed by atoms with van der Waals surface area (Å²) in [5, 5.41) is 12.8. The van der Waals surface area contributed by atoms with Gasteiger partial charge >= 0.3 is 5.97 Å². The molecule has 0 saturated heterocycles. The first kappa shape index (κ1) is 15.8. The molecule has 0 bridgehead atoms. The molecule has 0 fully saturated rings. The minimum absolute atomic E-state index is 0.371. The summed E-state index contributed by atoms with van der Waals surface area (Å²) in [6.45, 7) is 4.47. The molecule has 0 spiro atoms. The smallest absolute Gasteiger partial charge is 0.323 e. The summed E-state index contributed by atoms with van der Waals surface area (Å²) < 4.78 is 5.50. The Morgan fingerprint density at radius 2 is 2.16 bits per heavy atom. The molecule has 106 valence electrons. The number of carbonyl (C=O) groups is 1. The van der Waals surface area contributed by atoms with Crippen molar-refractivity contribution in [3.05, 3.63) is 29.3 Å². The molecule has 4 nitrogen and oxygen atoms in total. The van der Waals surface area contributed by atoms with Crippen LogP contribution in [0.3, 0.4) is 0 Å². The normalized spacial score (nSPS) is 13.8. The zero-order valence-corrected chi connectivity index (χ0v) is 12.0. The van der Waals surface area contributed by atoms with Crippen molar-refractivity contribution < 1.29 is 14.6 Å².